The highest BCUT2D eigenvalue weighted by Crippen LogP contribution is 2.39. The van der Waals surface area contributed by atoms with Crippen LogP contribution in [0.1, 0.15) is 75.6 Å². The summed E-state index contributed by atoms with van der Waals surface area (Å²) in [6, 6.07) is 6.46. The number of hydrogen-bond acceptors (Lipinski definition) is 3. The van der Waals surface area contributed by atoms with Gasteiger partial charge in [0.15, 0.2) is 0 Å². The highest BCUT2D eigenvalue weighted by molar-refractivity contribution is 5.95. The topological polar surface area (TPSA) is 69.6 Å². The lowest BCUT2D eigenvalue weighted by molar-refractivity contribution is -0.144. The van der Waals surface area contributed by atoms with Crippen LogP contribution in [-0.4, -0.2) is 40.0 Å². The number of aliphatic carboxylic acids is 1. The third kappa shape index (κ3) is 4.77. The van der Waals surface area contributed by atoms with Gasteiger partial charge >= 0.3 is 5.97 Å². The van der Waals surface area contributed by atoms with Crippen LogP contribution in [0.5, 0.6) is 0 Å². The first-order valence-electron chi connectivity index (χ1n) is 12.1. The van der Waals surface area contributed by atoms with Gasteiger partial charge in [-0.25, -0.2) is 0 Å². The molecule has 5 nitrogen and oxygen atoms in total. The van der Waals surface area contributed by atoms with Crippen molar-refractivity contribution in [3.8, 4) is 0 Å². The summed E-state index contributed by atoms with van der Waals surface area (Å²) in [5.74, 6) is -0.196. The first-order chi connectivity index (χ1) is 15.4. The molecule has 2 N–H and O–H groups in total. The van der Waals surface area contributed by atoms with E-state index in [0.717, 1.165) is 34.9 Å². The molecule has 172 valence electrons. The smallest absolute Gasteiger partial charge is 0.306 e. The predicted octanol–water partition coefficient (Wildman–Crippen LogP) is 3.42. The van der Waals surface area contributed by atoms with Crippen LogP contribution in [0.15, 0.2) is 30.5 Å². The van der Waals surface area contributed by atoms with Gasteiger partial charge in [0.1, 0.15) is 0 Å². The van der Waals surface area contributed by atoms with E-state index in [-0.39, 0.29) is 23.9 Å². The van der Waals surface area contributed by atoms with Crippen LogP contribution in [0.3, 0.4) is 0 Å². The Labute approximate surface area is 190 Å². The molecular weight excluding hydrogens is 400 g/mol. The second-order valence-electron chi connectivity index (χ2n) is 10.0. The van der Waals surface area contributed by atoms with Gasteiger partial charge in [0.2, 0.25) is 0 Å². The second-order valence-corrected chi connectivity index (χ2v) is 10.0. The van der Waals surface area contributed by atoms with Gasteiger partial charge < -0.3 is 15.3 Å². The summed E-state index contributed by atoms with van der Waals surface area (Å²) in [6.45, 7) is 8.53. The SMILES string of the molecule is C=C(/C=c1/ccc(C(=O)N2C3CCC2CC(C(=O)O)C3)c/c1=C/C)NC1CCC(C)CC1. The lowest BCUT2D eigenvalue weighted by Crippen LogP contribution is -2.48. The molecule has 2 unspecified atom stereocenters. The zero-order valence-corrected chi connectivity index (χ0v) is 19.3. The number of carboxylic acids is 1. The summed E-state index contributed by atoms with van der Waals surface area (Å²) >= 11 is 0. The maximum atomic E-state index is 13.4. The van der Waals surface area contributed by atoms with Crippen molar-refractivity contribution < 1.29 is 14.7 Å². The molecular formula is C27H36N2O3. The van der Waals surface area contributed by atoms with Gasteiger partial charge in [-0.05, 0) is 92.9 Å². The number of carbonyl (C=O) groups excluding carboxylic acids is 1. The van der Waals surface area contributed by atoms with Gasteiger partial charge in [-0.15, -0.1) is 0 Å². The molecule has 2 saturated heterocycles. The Hall–Kier alpha value is -2.56. The lowest BCUT2D eigenvalue weighted by Gasteiger charge is -2.37. The predicted molar refractivity (Wildman–Crippen MR) is 127 cm³/mol. The molecule has 32 heavy (non-hydrogen) atoms. The molecule has 1 saturated carbocycles. The van der Waals surface area contributed by atoms with Crippen LogP contribution in [-0.2, 0) is 4.79 Å². The molecule has 0 spiro atoms. The molecule has 0 radical (unpaired) electrons. The first kappa shape index (κ1) is 22.6. The molecule has 1 aliphatic carbocycles. The normalized spacial score (nSPS) is 30.9. The van der Waals surface area contributed by atoms with E-state index in [1.54, 1.807) is 0 Å². The number of carboxylic acid groups (broad SMARTS) is 1. The van der Waals surface area contributed by atoms with Gasteiger partial charge in [0.05, 0.1) is 5.92 Å². The summed E-state index contributed by atoms with van der Waals surface area (Å²) in [7, 11) is 0. The highest BCUT2D eigenvalue weighted by Gasteiger charge is 2.45. The highest BCUT2D eigenvalue weighted by atomic mass is 16.4. The van der Waals surface area contributed by atoms with E-state index >= 15 is 0 Å². The number of fused-ring (bicyclic) bond motifs is 2. The van der Waals surface area contributed by atoms with Crippen LogP contribution < -0.4 is 15.8 Å². The van der Waals surface area contributed by atoms with Gasteiger partial charge in [-0.3, -0.25) is 9.59 Å². The number of piperidine rings is 1. The summed E-state index contributed by atoms with van der Waals surface area (Å²) < 4.78 is 0. The second kappa shape index (κ2) is 9.51. The number of hydrogen-bond donors (Lipinski definition) is 2. The summed E-state index contributed by atoms with van der Waals surface area (Å²) in [4.78, 5) is 26.8. The van der Waals surface area contributed by atoms with E-state index in [1.165, 1.54) is 25.7 Å². The zero-order chi connectivity index (χ0) is 22.8. The van der Waals surface area contributed by atoms with Gasteiger partial charge in [0.25, 0.3) is 5.91 Å². The van der Waals surface area contributed by atoms with Crippen molar-refractivity contribution in [3.63, 3.8) is 0 Å². The van der Waals surface area contributed by atoms with Crippen molar-refractivity contribution >= 4 is 24.0 Å². The van der Waals surface area contributed by atoms with E-state index in [9.17, 15) is 14.7 Å². The minimum Gasteiger partial charge on any atom is -0.481 e. The lowest BCUT2D eigenvalue weighted by atomic mass is 9.87. The van der Waals surface area contributed by atoms with Gasteiger partial charge in [-0.2, -0.15) is 0 Å². The molecule has 2 heterocycles. The van der Waals surface area contributed by atoms with E-state index in [2.05, 4.69) is 24.9 Å². The van der Waals surface area contributed by atoms with Crippen molar-refractivity contribution in [2.45, 2.75) is 83.3 Å². The van der Waals surface area contributed by atoms with Crippen LogP contribution >= 0.6 is 0 Å². The summed E-state index contributed by atoms with van der Waals surface area (Å²) in [5, 5.41) is 15.1. The molecule has 4 rings (SSSR count). The molecule has 2 atom stereocenters. The standard InChI is InChI=1S/C27H36N2O3/c1-4-19-14-21(26(30)29-24-11-12-25(29)16-22(15-24)27(31)32)8-7-20(19)13-18(3)28-23-9-5-17(2)6-10-23/h4,7-8,13-14,17,22-25,28H,3,5-6,9-12,15-16H2,1-2H3,(H,31,32)/b19-4-,20-13-. The van der Waals surface area contributed by atoms with E-state index in [1.807, 2.05) is 36.1 Å². The van der Waals surface area contributed by atoms with Crippen molar-refractivity contribution in [2.24, 2.45) is 11.8 Å². The number of nitrogens with zero attached hydrogens (tertiary/aromatic N) is 1. The third-order valence-corrected chi connectivity index (χ3v) is 7.70. The molecule has 0 aromatic heterocycles. The van der Waals surface area contributed by atoms with Crippen LogP contribution in [0, 0.1) is 11.8 Å². The first-order valence-corrected chi connectivity index (χ1v) is 12.1. The fourth-order valence-corrected chi connectivity index (χ4v) is 5.84. The Bertz CT molecular complexity index is 992. The Morgan fingerprint density at radius 3 is 2.31 bits per heavy atom. The average molecular weight is 437 g/mol. The number of benzene rings is 1. The Morgan fingerprint density at radius 1 is 1.06 bits per heavy atom. The fourth-order valence-electron chi connectivity index (χ4n) is 5.84. The Morgan fingerprint density at radius 2 is 1.72 bits per heavy atom. The van der Waals surface area contributed by atoms with E-state index < -0.39 is 5.97 Å². The van der Waals surface area contributed by atoms with Crippen LogP contribution in [0.2, 0.25) is 0 Å². The number of allylic oxidation sites excluding steroid dienone is 1. The molecule has 1 amide bonds. The van der Waals surface area contributed by atoms with E-state index in [0.29, 0.717) is 24.4 Å². The largest absolute Gasteiger partial charge is 0.481 e. The van der Waals surface area contributed by atoms with Crippen molar-refractivity contribution in [2.75, 3.05) is 0 Å². The molecule has 2 bridgehead atoms. The minimum atomic E-state index is -0.728. The zero-order valence-electron chi connectivity index (χ0n) is 19.3. The number of amides is 1. The molecule has 5 heteroatoms. The van der Waals surface area contributed by atoms with Crippen molar-refractivity contribution in [3.05, 3.63) is 46.5 Å². The number of nitrogens with one attached hydrogen (secondary N) is 1. The average Bonchev–Trinajstić information content (AvgIpc) is 3.03. The van der Waals surface area contributed by atoms with Crippen LogP contribution in [0.4, 0.5) is 0 Å². The maximum Gasteiger partial charge on any atom is 0.306 e. The maximum absolute atomic E-state index is 13.4. The quantitative estimate of drug-likeness (QED) is 0.742. The Balaban J connectivity index is 1.49. The molecule has 2 aliphatic heterocycles. The molecule has 1 aromatic rings. The number of rotatable bonds is 5. The third-order valence-electron chi connectivity index (χ3n) is 7.70. The number of carbonyl (C=O) groups is 2. The van der Waals surface area contributed by atoms with Crippen molar-refractivity contribution in [1.82, 2.24) is 10.2 Å². The summed E-state index contributed by atoms with van der Waals surface area (Å²) in [5.41, 5.74) is 1.60. The molecule has 3 aliphatic rings. The molecule has 1 aromatic carbocycles. The minimum absolute atomic E-state index is 0.0317. The monoisotopic (exact) mass is 436 g/mol. The fraction of sp³-hybridized carbons (Fsp3) is 0.556. The van der Waals surface area contributed by atoms with Gasteiger partial charge in [0, 0.05) is 29.4 Å². The van der Waals surface area contributed by atoms with Crippen molar-refractivity contribution in [1.29, 1.82) is 0 Å². The molecule has 3 fully saturated rings. The van der Waals surface area contributed by atoms with E-state index in [4.69, 9.17) is 0 Å². The van der Waals surface area contributed by atoms with Crippen LogP contribution in [0.25, 0.3) is 12.2 Å². The van der Waals surface area contributed by atoms with Gasteiger partial charge in [-0.1, -0.05) is 25.6 Å². The Kier molecular flexibility index (Phi) is 6.73. The summed E-state index contributed by atoms with van der Waals surface area (Å²) in [6.07, 6.45) is 12.0.